The van der Waals surface area contributed by atoms with Gasteiger partial charge in [0.1, 0.15) is 0 Å². The Morgan fingerprint density at radius 2 is 2.12 bits per heavy atom. The van der Waals surface area contributed by atoms with Gasteiger partial charge in [0.15, 0.2) is 6.39 Å². The molecule has 0 spiro atoms. The van der Waals surface area contributed by atoms with E-state index in [0.717, 1.165) is 0 Å². The number of oxazole rings is 1. The number of hydrogen-bond donors (Lipinski definition) is 1. The number of benzene rings is 1. The minimum atomic E-state index is -0.373. The van der Waals surface area contributed by atoms with Crippen LogP contribution in [0.2, 0.25) is 0 Å². The van der Waals surface area contributed by atoms with Crippen LogP contribution in [-0.2, 0) is 0 Å². The molecule has 0 fully saturated rings. The first-order valence-electron chi connectivity index (χ1n) is 4.49. The molecule has 1 heterocycles. The number of nitrogens with one attached hydrogen (secondary N) is 1. The SMILES string of the molecule is N#Cc1ccc(NC(=O)c2cnco2)cc1. The Labute approximate surface area is 91.3 Å². The molecule has 0 atom stereocenters. The predicted molar refractivity (Wildman–Crippen MR) is 55.6 cm³/mol. The fourth-order valence-corrected chi connectivity index (χ4v) is 1.15. The van der Waals surface area contributed by atoms with Crippen LogP contribution in [0.25, 0.3) is 0 Å². The van der Waals surface area contributed by atoms with E-state index >= 15 is 0 Å². The minimum Gasteiger partial charge on any atom is -0.438 e. The number of nitriles is 1. The van der Waals surface area contributed by atoms with Crippen LogP contribution in [-0.4, -0.2) is 10.9 Å². The Kier molecular flexibility index (Phi) is 2.65. The minimum absolute atomic E-state index is 0.143. The van der Waals surface area contributed by atoms with E-state index in [1.165, 1.54) is 12.6 Å². The smallest absolute Gasteiger partial charge is 0.293 e. The monoisotopic (exact) mass is 213 g/mol. The van der Waals surface area contributed by atoms with Gasteiger partial charge in [-0.05, 0) is 24.3 Å². The summed E-state index contributed by atoms with van der Waals surface area (Å²) in [6.45, 7) is 0. The van der Waals surface area contributed by atoms with E-state index in [1.807, 2.05) is 6.07 Å². The molecule has 0 saturated carbocycles. The second kappa shape index (κ2) is 4.28. The molecule has 0 aliphatic rings. The molecule has 0 aliphatic heterocycles. The van der Waals surface area contributed by atoms with Crippen LogP contribution in [0.15, 0.2) is 41.3 Å². The number of carbonyl (C=O) groups is 1. The number of nitrogens with zero attached hydrogens (tertiary/aromatic N) is 2. The lowest BCUT2D eigenvalue weighted by Crippen LogP contribution is -2.10. The fourth-order valence-electron chi connectivity index (χ4n) is 1.15. The third-order valence-corrected chi connectivity index (χ3v) is 1.93. The van der Waals surface area contributed by atoms with Crippen molar-refractivity contribution in [1.82, 2.24) is 4.98 Å². The highest BCUT2D eigenvalue weighted by Gasteiger charge is 2.08. The Morgan fingerprint density at radius 3 is 2.69 bits per heavy atom. The van der Waals surface area contributed by atoms with E-state index in [1.54, 1.807) is 24.3 Å². The van der Waals surface area contributed by atoms with E-state index in [4.69, 9.17) is 9.68 Å². The number of amides is 1. The molecule has 5 nitrogen and oxygen atoms in total. The maximum absolute atomic E-state index is 11.5. The Hall–Kier alpha value is -2.61. The van der Waals surface area contributed by atoms with Crippen molar-refractivity contribution in [3.8, 4) is 6.07 Å². The maximum atomic E-state index is 11.5. The summed E-state index contributed by atoms with van der Waals surface area (Å²) in [6, 6.07) is 8.53. The van der Waals surface area contributed by atoms with Gasteiger partial charge in [-0.25, -0.2) is 4.98 Å². The molecule has 0 aliphatic carbocycles. The average molecular weight is 213 g/mol. The molecule has 2 rings (SSSR count). The molecule has 1 aromatic carbocycles. The van der Waals surface area contributed by atoms with Gasteiger partial charge in [0.05, 0.1) is 17.8 Å². The maximum Gasteiger partial charge on any atom is 0.293 e. The van der Waals surface area contributed by atoms with Crippen LogP contribution in [0.1, 0.15) is 16.1 Å². The van der Waals surface area contributed by atoms with Gasteiger partial charge in [-0.3, -0.25) is 4.79 Å². The summed E-state index contributed by atoms with van der Waals surface area (Å²) in [5.41, 5.74) is 1.14. The summed E-state index contributed by atoms with van der Waals surface area (Å²) in [5.74, 6) is -0.230. The van der Waals surface area contributed by atoms with E-state index in [9.17, 15) is 4.79 Å². The van der Waals surface area contributed by atoms with E-state index in [2.05, 4.69) is 10.3 Å². The summed E-state index contributed by atoms with van der Waals surface area (Å²) in [4.78, 5) is 15.2. The van der Waals surface area contributed by atoms with Gasteiger partial charge in [-0.15, -0.1) is 0 Å². The van der Waals surface area contributed by atoms with Crippen LogP contribution in [0.5, 0.6) is 0 Å². The second-order valence-corrected chi connectivity index (χ2v) is 3.01. The quantitative estimate of drug-likeness (QED) is 0.824. The summed E-state index contributed by atoms with van der Waals surface area (Å²) in [6.07, 6.45) is 2.52. The van der Waals surface area contributed by atoms with E-state index in [-0.39, 0.29) is 11.7 Å². The molecule has 0 radical (unpaired) electrons. The number of rotatable bonds is 2. The summed E-state index contributed by atoms with van der Waals surface area (Å²) in [5, 5.41) is 11.2. The first-order chi connectivity index (χ1) is 7.79. The third-order valence-electron chi connectivity index (χ3n) is 1.93. The Morgan fingerprint density at radius 1 is 1.38 bits per heavy atom. The average Bonchev–Trinajstić information content (AvgIpc) is 2.83. The summed E-state index contributed by atoms with van der Waals surface area (Å²) < 4.78 is 4.84. The zero-order valence-electron chi connectivity index (χ0n) is 8.18. The highest BCUT2D eigenvalue weighted by Crippen LogP contribution is 2.10. The Balaban J connectivity index is 2.10. The number of hydrogen-bond acceptors (Lipinski definition) is 4. The van der Waals surface area contributed by atoms with Gasteiger partial charge >= 0.3 is 0 Å². The van der Waals surface area contributed by atoms with Gasteiger partial charge < -0.3 is 9.73 Å². The topological polar surface area (TPSA) is 78.9 Å². The van der Waals surface area contributed by atoms with Gasteiger partial charge in [-0.1, -0.05) is 0 Å². The lowest BCUT2D eigenvalue weighted by Gasteiger charge is -2.01. The molecule has 0 saturated heterocycles. The first kappa shape index (κ1) is 9.93. The lowest BCUT2D eigenvalue weighted by atomic mass is 10.2. The van der Waals surface area contributed by atoms with Gasteiger partial charge in [-0.2, -0.15) is 5.26 Å². The molecule has 1 N–H and O–H groups in total. The van der Waals surface area contributed by atoms with Crippen molar-refractivity contribution in [1.29, 1.82) is 5.26 Å². The highest BCUT2D eigenvalue weighted by molar-refractivity contribution is 6.01. The first-order valence-corrected chi connectivity index (χ1v) is 4.49. The van der Waals surface area contributed by atoms with Crippen molar-refractivity contribution in [2.45, 2.75) is 0 Å². The molecule has 78 valence electrons. The molecule has 1 aromatic heterocycles. The highest BCUT2D eigenvalue weighted by atomic mass is 16.3. The zero-order chi connectivity index (χ0) is 11.4. The van der Waals surface area contributed by atoms with E-state index in [0.29, 0.717) is 11.3 Å². The third kappa shape index (κ3) is 2.07. The van der Waals surface area contributed by atoms with Crippen molar-refractivity contribution in [2.24, 2.45) is 0 Å². The molecule has 5 heteroatoms. The van der Waals surface area contributed by atoms with Gasteiger partial charge in [0, 0.05) is 5.69 Å². The fraction of sp³-hybridized carbons (Fsp3) is 0. The van der Waals surface area contributed by atoms with Crippen molar-refractivity contribution < 1.29 is 9.21 Å². The van der Waals surface area contributed by atoms with Crippen molar-refractivity contribution in [3.63, 3.8) is 0 Å². The van der Waals surface area contributed by atoms with Crippen molar-refractivity contribution >= 4 is 11.6 Å². The van der Waals surface area contributed by atoms with Crippen LogP contribution < -0.4 is 5.32 Å². The van der Waals surface area contributed by atoms with Crippen molar-refractivity contribution in [2.75, 3.05) is 5.32 Å². The van der Waals surface area contributed by atoms with Crippen LogP contribution in [0, 0.1) is 11.3 Å². The summed E-state index contributed by atoms with van der Waals surface area (Å²) >= 11 is 0. The Bertz CT molecular complexity index is 523. The van der Waals surface area contributed by atoms with Gasteiger partial charge in [0.25, 0.3) is 5.91 Å². The molecule has 16 heavy (non-hydrogen) atoms. The van der Waals surface area contributed by atoms with Crippen LogP contribution in [0.4, 0.5) is 5.69 Å². The standard InChI is InChI=1S/C11H7N3O2/c12-5-8-1-3-9(4-2-8)14-11(15)10-6-13-7-16-10/h1-4,6-7H,(H,14,15). The summed E-state index contributed by atoms with van der Waals surface area (Å²) in [7, 11) is 0. The van der Waals surface area contributed by atoms with Crippen LogP contribution in [0.3, 0.4) is 0 Å². The van der Waals surface area contributed by atoms with Gasteiger partial charge in [0.2, 0.25) is 5.76 Å². The second-order valence-electron chi connectivity index (χ2n) is 3.01. The largest absolute Gasteiger partial charge is 0.438 e. The van der Waals surface area contributed by atoms with Crippen molar-refractivity contribution in [3.05, 3.63) is 48.2 Å². The molecule has 0 bridgehead atoms. The number of carbonyl (C=O) groups excluding carboxylic acids is 1. The van der Waals surface area contributed by atoms with Crippen LogP contribution >= 0.6 is 0 Å². The number of anilines is 1. The lowest BCUT2D eigenvalue weighted by molar-refractivity contribution is 0.0996. The molecular formula is C11H7N3O2. The molecule has 1 amide bonds. The molecule has 2 aromatic rings. The normalized spacial score (nSPS) is 9.44. The number of aromatic nitrogens is 1. The van der Waals surface area contributed by atoms with E-state index < -0.39 is 0 Å². The predicted octanol–water partition coefficient (Wildman–Crippen LogP) is 1.80. The zero-order valence-corrected chi connectivity index (χ0v) is 8.18. The molecular weight excluding hydrogens is 206 g/mol. The molecule has 0 unspecified atom stereocenters.